The number of halogens is 1. The molecular formula is C13H18ClN3O. The summed E-state index contributed by atoms with van der Waals surface area (Å²) >= 11 is 6.30. The Labute approximate surface area is 112 Å². The molecule has 0 fully saturated rings. The zero-order chi connectivity index (χ0) is 13.3. The smallest absolute Gasteiger partial charge is 0.0868 e. The maximum atomic E-state index is 9.50. The third-order valence-electron chi connectivity index (χ3n) is 3.09. The molecule has 18 heavy (non-hydrogen) atoms. The molecule has 0 saturated heterocycles. The van der Waals surface area contributed by atoms with Crippen LogP contribution in [0.2, 0.25) is 5.02 Å². The fourth-order valence-electron chi connectivity index (χ4n) is 1.97. The van der Waals surface area contributed by atoms with Crippen LogP contribution in [0.25, 0.3) is 0 Å². The van der Waals surface area contributed by atoms with E-state index in [1.807, 2.05) is 41.7 Å². The minimum absolute atomic E-state index is 0.445. The molecule has 98 valence electrons. The van der Waals surface area contributed by atoms with Crippen LogP contribution in [0.3, 0.4) is 0 Å². The second kappa shape index (κ2) is 5.16. The van der Waals surface area contributed by atoms with E-state index in [-0.39, 0.29) is 0 Å². The standard InChI is InChI=1S/C13H18ClN3O/c1-4-11-13(14)12(16(3)15-11)8-17-6-5-10(7-17)9(2)18/h5-7,9,18H,4,8H2,1-3H3. The highest BCUT2D eigenvalue weighted by Gasteiger charge is 2.13. The number of rotatable bonds is 4. The van der Waals surface area contributed by atoms with Gasteiger partial charge in [-0.1, -0.05) is 18.5 Å². The van der Waals surface area contributed by atoms with Gasteiger partial charge in [-0.15, -0.1) is 0 Å². The van der Waals surface area contributed by atoms with Gasteiger partial charge >= 0.3 is 0 Å². The number of aliphatic hydroxyl groups is 1. The first kappa shape index (κ1) is 13.2. The van der Waals surface area contributed by atoms with Crippen molar-refractivity contribution < 1.29 is 5.11 Å². The van der Waals surface area contributed by atoms with Gasteiger partial charge in [0, 0.05) is 19.4 Å². The summed E-state index contributed by atoms with van der Waals surface area (Å²) in [5.41, 5.74) is 2.82. The molecule has 0 radical (unpaired) electrons. The Morgan fingerprint density at radius 2 is 2.22 bits per heavy atom. The van der Waals surface area contributed by atoms with Crippen LogP contribution in [-0.4, -0.2) is 19.5 Å². The zero-order valence-corrected chi connectivity index (χ0v) is 11.6. The van der Waals surface area contributed by atoms with Crippen molar-refractivity contribution >= 4 is 11.6 Å². The molecular weight excluding hydrogens is 250 g/mol. The minimum atomic E-state index is -0.445. The Balaban J connectivity index is 2.25. The molecule has 2 rings (SSSR count). The number of aryl methyl sites for hydroxylation is 2. The summed E-state index contributed by atoms with van der Waals surface area (Å²) in [7, 11) is 1.90. The molecule has 1 unspecified atom stereocenters. The lowest BCUT2D eigenvalue weighted by Gasteiger charge is -2.05. The summed E-state index contributed by atoms with van der Waals surface area (Å²) in [5.74, 6) is 0. The van der Waals surface area contributed by atoms with Crippen LogP contribution in [0, 0.1) is 0 Å². The third-order valence-corrected chi connectivity index (χ3v) is 3.53. The molecule has 0 aliphatic carbocycles. The van der Waals surface area contributed by atoms with Crippen LogP contribution in [0.4, 0.5) is 0 Å². The Morgan fingerprint density at radius 3 is 2.72 bits per heavy atom. The molecule has 0 saturated carbocycles. The summed E-state index contributed by atoms with van der Waals surface area (Å²) in [4.78, 5) is 0. The highest BCUT2D eigenvalue weighted by molar-refractivity contribution is 6.31. The first-order valence-electron chi connectivity index (χ1n) is 6.07. The average molecular weight is 268 g/mol. The Kier molecular flexibility index (Phi) is 3.78. The van der Waals surface area contributed by atoms with E-state index in [0.717, 1.165) is 28.4 Å². The second-order valence-electron chi connectivity index (χ2n) is 4.48. The van der Waals surface area contributed by atoms with Crippen molar-refractivity contribution in [1.82, 2.24) is 14.3 Å². The van der Waals surface area contributed by atoms with Crippen molar-refractivity contribution in [1.29, 1.82) is 0 Å². The fraction of sp³-hybridized carbons (Fsp3) is 0.462. The van der Waals surface area contributed by atoms with Gasteiger partial charge in [0.25, 0.3) is 0 Å². The monoisotopic (exact) mass is 267 g/mol. The molecule has 0 amide bonds. The van der Waals surface area contributed by atoms with E-state index in [4.69, 9.17) is 11.6 Å². The molecule has 2 heterocycles. The molecule has 2 aromatic heterocycles. The largest absolute Gasteiger partial charge is 0.389 e. The summed E-state index contributed by atoms with van der Waals surface area (Å²) in [6.45, 7) is 4.46. The van der Waals surface area contributed by atoms with Crippen LogP contribution in [0.1, 0.15) is 36.9 Å². The highest BCUT2D eigenvalue weighted by atomic mass is 35.5. The van der Waals surface area contributed by atoms with Gasteiger partial charge in [-0.2, -0.15) is 5.10 Å². The van der Waals surface area contributed by atoms with Gasteiger partial charge in [-0.25, -0.2) is 0 Å². The molecule has 1 N–H and O–H groups in total. The fourth-order valence-corrected chi connectivity index (χ4v) is 2.32. The molecule has 0 aliphatic heterocycles. The van der Waals surface area contributed by atoms with Crippen molar-refractivity contribution in [2.45, 2.75) is 32.9 Å². The summed E-state index contributed by atoms with van der Waals surface area (Å²) in [6, 6.07) is 1.91. The van der Waals surface area contributed by atoms with Gasteiger partial charge in [-0.3, -0.25) is 4.68 Å². The SMILES string of the molecule is CCc1nn(C)c(Cn2ccc(C(C)O)c2)c1Cl. The topological polar surface area (TPSA) is 43.0 Å². The first-order chi connectivity index (χ1) is 8.52. The summed E-state index contributed by atoms with van der Waals surface area (Å²) in [5, 5.41) is 14.6. The number of hydrogen-bond donors (Lipinski definition) is 1. The van der Waals surface area contributed by atoms with Crippen LogP contribution in [0.5, 0.6) is 0 Å². The van der Waals surface area contributed by atoms with E-state index in [1.165, 1.54) is 0 Å². The Bertz CT molecular complexity index is 542. The van der Waals surface area contributed by atoms with E-state index in [2.05, 4.69) is 5.10 Å². The second-order valence-corrected chi connectivity index (χ2v) is 4.86. The highest BCUT2D eigenvalue weighted by Crippen LogP contribution is 2.22. The zero-order valence-electron chi connectivity index (χ0n) is 10.9. The van der Waals surface area contributed by atoms with Crippen LogP contribution in [0.15, 0.2) is 18.5 Å². The minimum Gasteiger partial charge on any atom is -0.389 e. The van der Waals surface area contributed by atoms with Crippen molar-refractivity contribution in [3.63, 3.8) is 0 Å². The van der Waals surface area contributed by atoms with Crippen molar-refractivity contribution in [2.24, 2.45) is 7.05 Å². The first-order valence-corrected chi connectivity index (χ1v) is 6.44. The molecule has 4 nitrogen and oxygen atoms in total. The lowest BCUT2D eigenvalue weighted by Crippen LogP contribution is -2.04. The van der Waals surface area contributed by atoms with Crippen molar-refractivity contribution in [3.05, 3.63) is 40.4 Å². The number of aromatic nitrogens is 3. The Morgan fingerprint density at radius 1 is 1.50 bits per heavy atom. The molecule has 0 aromatic carbocycles. The van der Waals surface area contributed by atoms with E-state index < -0.39 is 6.10 Å². The normalized spacial score (nSPS) is 12.9. The van der Waals surface area contributed by atoms with Gasteiger partial charge in [-0.05, 0) is 25.0 Å². The quantitative estimate of drug-likeness (QED) is 0.925. The predicted octanol–water partition coefficient (Wildman–Crippen LogP) is 2.54. The van der Waals surface area contributed by atoms with E-state index >= 15 is 0 Å². The Hall–Kier alpha value is -1.26. The third kappa shape index (κ3) is 2.44. The number of hydrogen-bond acceptors (Lipinski definition) is 2. The molecule has 0 bridgehead atoms. The molecule has 2 aromatic rings. The van der Waals surface area contributed by atoms with E-state index in [0.29, 0.717) is 6.54 Å². The van der Waals surface area contributed by atoms with Crippen LogP contribution < -0.4 is 0 Å². The molecule has 0 aliphatic rings. The maximum absolute atomic E-state index is 9.50. The van der Waals surface area contributed by atoms with Crippen molar-refractivity contribution in [2.75, 3.05) is 0 Å². The van der Waals surface area contributed by atoms with Gasteiger partial charge in [0.05, 0.1) is 29.1 Å². The molecule has 1 atom stereocenters. The summed E-state index contributed by atoms with van der Waals surface area (Å²) < 4.78 is 3.83. The van der Waals surface area contributed by atoms with Crippen molar-refractivity contribution in [3.8, 4) is 0 Å². The van der Waals surface area contributed by atoms with Gasteiger partial charge < -0.3 is 9.67 Å². The predicted molar refractivity (Wildman–Crippen MR) is 71.8 cm³/mol. The molecule has 5 heteroatoms. The number of aliphatic hydroxyl groups excluding tert-OH is 1. The van der Waals surface area contributed by atoms with Crippen LogP contribution >= 0.6 is 11.6 Å². The van der Waals surface area contributed by atoms with E-state index in [1.54, 1.807) is 6.92 Å². The van der Waals surface area contributed by atoms with Gasteiger partial charge in [0.2, 0.25) is 0 Å². The lowest BCUT2D eigenvalue weighted by molar-refractivity contribution is 0.199. The van der Waals surface area contributed by atoms with Crippen LogP contribution in [-0.2, 0) is 20.0 Å². The maximum Gasteiger partial charge on any atom is 0.0868 e. The lowest BCUT2D eigenvalue weighted by atomic mass is 10.2. The summed E-state index contributed by atoms with van der Waals surface area (Å²) in [6.07, 6.45) is 4.26. The van der Waals surface area contributed by atoms with E-state index in [9.17, 15) is 5.11 Å². The average Bonchev–Trinajstić information content (AvgIpc) is 2.89. The molecule has 0 spiro atoms. The van der Waals surface area contributed by atoms with Gasteiger partial charge in [0.1, 0.15) is 0 Å². The van der Waals surface area contributed by atoms with Gasteiger partial charge in [0.15, 0.2) is 0 Å². The number of nitrogens with zero attached hydrogens (tertiary/aromatic N) is 3.